The summed E-state index contributed by atoms with van der Waals surface area (Å²) in [5.74, 6) is 0.683. The van der Waals surface area contributed by atoms with E-state index >= 15 is 0 Å². The summed E-state index contributed by atoms with van der Waals surface area (Å²) in [5.41, 5.74) is 1.14. The lowest BCUT2D eigenvalue weighted by Gasteiger charge is -2.06. The van der Waals surface area contributed by atoms with Gasteiger partial charge in [0.15, 0.2) is 0 Å². The topological polar surface area (TPSA) is 64.1 Å². The van der Waals surface area contributed by atoms with Gasteiger partial charge in [-0.25, -0.2) is 4.98 Å². The van der Waals surface area contributed by atoms with Crippen LogP contribution in [0.2, 0.25) is 0 Å². The van der Waals surface area contributed by atoms with Crippen LogP contribution in [0.1, 0.15) is 29.0 Å². The van der Waals surface area contributed by atoms with Gasteiger partial charge in [-0.15, -0.1) is 0 Å². The van der Waals surface area contributed by atoms with Gasteiger partial charge < -0.3 is 10.1 Å². The normalized spacial score (nSPS) is 10.1. The van der Waals surface area contributed by atoms with Crippen LogP contribution in [0, 0.1) is 6.92 Å². The van der Waals surface area contributed by atoms with Crippen molar-refractivity contribution in [3.05, 3.63) is 54.1 Å². The predicted octanol–water partition coefficient (Wildman–Crippen LogP) is 2.37. The molecule has 1 heterocycles. The van der Waals surface area contributed by atoms with Crippen molar-refractivity contribution in [1.29, 1.82) is 0 Å². The molecule has 1 aromatic heterocycles. The quantitative estimate of drug-likeness (QED) is 0.793. The predicted molar refractivity (Wildman–Crippen MR) is 80.3 cm³/mol. The Balaban J connectivity index is 1.59. The number of benzene rings is 1. The summed E-state index contributed by atoms with van der Waals surface area (Å²) in [4.78, 5) is 19.8. The molecule has 0 unspecified atom stereocenters. The number of carbonyl (C=O) groups excluding carboxylic acids is 1. The second-order valence-corrected chi connectivity index (χ2v) is 4.67. The minimum Gasteiger partial charge on any atom is -0.494 e. The molecule has 21 heavy (non-hydrogen) atoms. The van der Waals surface area contributed by atoms with E-state index in [1.54, 1.807) is 6.20 Å². The molecule has 0 aliphatic rings. The maximum Gasteiger partial charge on any atom is 0.271 e. The molecule has 1 N–H and O–H groups in total. The lowest BCUT2D eigenvalue weighted by atomic mass is 10.3. The molecule has 0 atom stereocenters. The molecule has 2 rings (SSSR count). The average molecular weight is 285 g/mol. The van der Waals surface area contributed by atoms with E-state index in [0.29, 0.717) is 18.8 Å². The summed E-state index contributed by atoms with van der Waals surface area (Å²) in [6, 6.07) is 9.70. The fraction of sp³-hybridized carbons (Fsp3) is 0.312. The molecule has 0 saturated heterocycles. The van der Waals surface area contributed by atoms with E-state index in [9.17, 15) is 4.79 Å². The van der Waals surface area contributed by atoms with Crippen molar-refractivity contribution in [3.63, 3.8) is 0 Å². The number of nitrogens with zero attached hydrogens (tertiary/aromatic N) is 2. The smallest absolute Gasteiger partial charge is 0.271 e. The molecule has 0 bridgehead atoms. The lowest BCUT2D eigenvalue weighted by molar-refractivity contribution is 0.0947. The number of hydrogen-bond donors (Lipinski definition) is 1. The number of unbranched alkanes of at least 4 members (excludes halogenated alkanes) is 1. The molecule has 1 aromatic carbocycles. The molecule has 5 heteroatoms. The van der Waals surface area contributed by atoms with Gasteiger partial charge >= 0.3 is 0 Å². The first kappa shape index (κ1) is 15.0. The maximum atomic E-state index is 11.8. The third kappa shape index (κ3) is 5.22. The van der Waals surface area contributed by atoms with E-state index in [1.165, 1.54) is 6.20 Å². The molecule has 0 radical (unpaired) electrons. The van der Waals surface area contributed by atoms with Crippen LogP contribution in [0.25, 0.3) is 0 Å². The Labute approximate surface area is 124 Å². The van der Waals surface area contributed by atoms with E-state index in [2.05, 4.69) is 15.3 Å². The number of carbonyl (C=O) groups is 1. The third-order valence-corrected chi connectivity index (χ3v) is 2.88. The highest BCUT2D eigenvalue weighted by Crippen LogP contribution is 2.08. The maximum absolute atomic E-state index is 11.8. The van der Waals surface area contributed by atoms with E-state index in [-0.39, 0.29) is 5.91 Å². The van der Waals surface area contributed by atoms with Gasteiger partial charge in [-0.05, 0) is 31.9 Å². The molecular weight excluding hydrogens is 266 g/mol. The van der Waals surface area contributed by atoms with Crippen LogP contribution in [-0.2, 0) is 0 Å². The Bertz CT molecular complexity index is 555. The molecule has 2 aromatic rings. The summed E-state index contributed by atoms with van der Waals surface area (Å²) in [6.07, 6.45) is 4.82. The van der Waals surface area contributed by atoms with E-state index in [1.807, 2.05) is 37.3 Å². The molecule has 0 aliphatic heterocycles. The van der Waals surface area contributed by atoms with Crippen molar-refractivity contribution in [2.45, 2.75) is 19.8 Å². The zero-order valence-electron chi connectivity index (χ0n) is 12.1. The Morgan fingerprint density at radius 1 is 1.14 bits per heavy atom. The van der Waals surface area contributed by atoms with Crippen molar-refractivity contribution in [2.24, 2.45) is 0 Å². The second-order valence-electron chi connectivity index (χ2n) is 4.67. The molecule has 1 amide bonds. The van der Waals surface area contributed by atoms with Gasteiger partial charge in [0.25, 0.3) is 5.91 Å². The first-order valence-corrected chi connectivity index (χ1v) is 7.00. The average Bonchev–Trinajstić information content (AvgIpc) is 2.52. The van der Waals surface area contributed by atoms with Gasteiger partial charge in [-0.2, -0.15) is 0 Å². The minimum absolute atomic E-state index is 0.188. The van der Waals surface area contributed by atoms with Crippen LogP contribution in [0.3, 0.4) is 0 Å². The fourth-order valence-electron chi connectivity index (χ4n) is 1.74. The van der Waals surface area contributed by atoms with E-state index < -0.39 is 0 Å². The summed E-state index contributed by atoms with van der Waals surface area (Å²) in [5, 5.41) is 2.82. The lowest BCUT2D eigenvalue weighted by Crippen LogP contribution is -2.25. The first-order valence-electron chi connectivity index (χ1n) is 7.00. The van der Waals surface area contributed by atoms with Crippen molar-refractivity contribution < 1.29 is 9.53 Å². The first-order chi connectivity index (χ1) is 10.3. The molecule has 0 fully saturated rings. The van der Waals surface area contributed by atoms with Crippen LogP contribution >= 0.6 is 0 Å². The van der Waals surface area contributed by atoms with Crippen molar-refractivity contribution in [1.82, 2.24) is 15.3 Å². The van der Waals surface area contributed by atoms with Gasteiger partial charge in [0.05, 0.1) is 18.5 Å². The number of hydrogen-bond acceptors (Lipinski definition) is 4. The van der Waals surface area contributed by atoms with Crippen LogP contribution in [-0.4, -0.2) is 29.0 Å². The van der Waals surface area contributed by atoms with Gasteiger partial charge in [0.2, 0.25) is 0 Å². The Kier molecular flexibility index (Phi) is 5.70. The van der Waals surface area contributed by atoms with Gasteiger partial charge in [-0.3, -0.25) is 9.78 Å². The largest absolute Gasteiger partial charge is 0.494 e. The molecule has 0 aliphatic carbocycles. The highest BCUT2D eigenvalue weighted by molar-refractivity contribution is 5.91. The molecule has 110 valence electrons. The summed E-state index contributed by atoms with van der Waals surface area (Å²) < 4.78 is 5.58. The van der Waals surface area contributed by atoms with Crippen molar-refractivity contribution >= 4 is 5.91 Å². The van der Waals surface area contributed by atoms with Crippen LogP contribution < -0.4 is 10.1 Å². The van der Waals surface area contributed by atoms with Gasteiger partial charge in [0.1, 0.15) is 11.4 Å². The number of aryl methyl sites for hydroxylation is 1. The number of aromatic nitrogens is 2. The molecule has 0 saturated carbocycles. The number of ether oxygens (including phenoxy) is 1. The zero-order chi connectivity index (χ0) is 14.9. The third-order valence-electron chi connectivity index (χ3n) is 2.88. The Hall–Kier alpha value is -2.43. The highest BCUT2D eigenvalue weighted by atomic mass is 16.5. The Morgan fingerprint density at radius 2 is 1.95 bits per heavy atom. The summed E-state index contributed by atoms with van der Waals surface area (Å²) in [7, 11) is 0. The van der Waals surface area contributed by atoms with E-state index in [0.717, 1.165) is 24.3 Å². The highest BCUT2D eigenvalue weighted by Gasteiger charge is 2.06. The second kappa shape index (κ2) is 7.99. The number of nitrogens with one attached hydrogen (secondary N) is 1. The summed E-state index contributed by atoms with van der Waals surface area (Å²) in [6.45, 7) is 3.08. The number of amides is 1. The number of rotatable bonds is 7. The standard InChI is InChI=1S/C16H19N3O2/c1-13-11-19-15(12-18-13)16(20)17-9-5-6-10-21-14-7-3-2-4-8-14/h2-4,7-8,11-12H,5-6,9-10H2,1H3,(H,17,20). The van der Waals surface area contributed by atoms with Crippen molar-refractivity contribution in [2.75, 3.05) is 13.2 Å². The number of para-hydroxylation sites is 1. The monoisotopic (exact) mass is 285 g/mol. The van der Waals surface area contributed by atoms with Gasteiger partial charge in [0, 0.05) is 12.7 Å². The Morgan fingerprint density at radius 3 is 2.67 bits per heavy atom. The summed E-state index contributed by atoms with van der Waals surface area (Å²) >= 11 is 0. The fourth-order valence-corrected chi connectivity index (χ4v) is 1.74. The van der Waals surface area contributed by atoms with E-state index in [4.69, 9.17) is 4.74 Å². The molecule has 5 nitrogen and oxygen atoms in total. The molecular formula is C16H19N3O2. The van der Waals surface area contributed by atoms with Crippen LogP contribution in [0.15, 0.2) is 42.7 Å². The SMILES string of the molecule is Cc1cnc(C(=O)NCCCCOc2ccccc2)cn1. The molecule has 0 spiro atoms. The zero-order valence-corrected chi connectivity index (χ0v) is 12.1. The van der Waals surface area contributed by atoms with Crippen molar-refractivity contribution in [3.8, 4) is 5.75 Å². The van der Waals surface area contributed by atoms with Gasteiger partial charge in [-0.1, -0.05) is 18.2 Å². The van der Waals surface area contributed by atoms with Crippen LogP contribution in [0.5, 0.6) is 5.75 Å². The van der Waals surface area contributed by atoms with Crippen LogP contribution in [0.4, 0.5) is 0 Å². The minimum atomic E-state index is -0.188.